The minimum atomic E-state index is -0.593. The second kappa shape index (κ2) is 6.54. The van der Waals surface area contributed by atoms with Crippen molar-refractivity contribution in [3.8, 4) is 5.75 Å². The fourth-order valence-corrected chi connectivity index (χ4v) is 3.98. The van der Waals surface area contributed by atoms with Crippen LogP contribution in [0.4, 0.5) is 10.9 Å². The van der Waals surface area contributed by atoms with Crippen LogP contribution in [0.15, 0.2) is 12.1 Å². The van der Waals surface area contributed by atoms with Crippen molar-refractivity contribution >= 4 is 55.2 Å². The number of methoxy groups -OCH3 is 1. The zero-order valence-corrected chi connectivity index (χ0v) is 15.4. The Morgan fingerprint density at radius 1 is 1.41 bits per heavy atom. The van der Waals surface area contributed by atoms with Gasteiger partial charge in [0.05, 0.1) is 12.7 Å². The third-order valence-corrected chi connectivity index (χ3v) is 5.33. The van der Waals surface area contributed by atoms with Crippen LogP contribution in [-0.2, 0) is 4.79 Å². The predicted molar refractivity (Wildman–Crippen MR) is 104 cm³/mol. The van der Waals surface area contributed by atoms with E-state index >= 15 is 0 Å². The Bertz CT molecular complexity index is 1080. The molecule has 1 fully saturated rings. The quantitative estimate of drug-likeness (QED) is 0.516. The van der Waals surface area contributed by atoms with Crippen LogP contribution < -0.4 is 26.8 Å². The Morgan fingerprint density at radius 3 is 2.89 bits per heavy atom. The molecule has 3 aromatic rings. The zero-order chi connectivity index (χ0) is 19.1. The number of fused-ring (bicyclic) bond motifs is 3. The largest absolute Gasteiger partial charge is 0.496 e. The third-order valence-electron chi connectivity index (χ3n) is 4.56. The molecule has 10 heteroatoms. The number of hydrogen-bond acceptors (Lipinski definition) is 8. The van der Waals surface area contributed by atoms with Crippen LogP contribution in [-0.4, -0.2) is 41.5 Å². The number of thiazole rings is 1. The molecule has 0 bridgehead atoms. The number of benzene rings is 1. The fraction of sp³-hybridized carbons (Fsp3) is 0.294. The number of ether oxygens (including phenoxy) is 1. The number of hydrogen-bond donors (Lipinski definition) is 4. The van der Waals surface area contributed by atoms with Gasteiger partial charge in [0, 0.05) is 29.8 Å². The Kier molecular flexibility index (Phi) is 4.19. The summed E-state index contributed by atoms with van der Waals surface area (Å²) >= 11 is 1.26. The van der Waals surface area contributed by atoms with Crippen molar-refractivity contribution < 1.29 is 14.3 Å². The summed E-state index contributed by atoms with van der Waals surface area (Å²) in [6, 6.07) is 3.41. The molecule has 1 aromatic carbocycles. The predicted octanol–water partition coefficient (Wildman–Crippen LogP) is 1.22. The number of nitrogens with two attached hydrogens (primary N) is 2. The lowest BCUT2D eigenvalue weighted by Crippen LogP contribution is -2.32. The number of nitrogens with zero attached hydrogens (tertiary/aromatic N) is 2. The normalized spacial score (nSPS) is 16.6. The maximum atomic E-state index is 11.8. The first-order valence-electron chi connectivity index (χ1n) is 8.37. The summed E-state index contributed by atoms with van der Waals surface area (Å²) in [6.07, 6.45) is 1.30. The number of carbonyl (C=O) groups excluding carboxylic acids is 2. The van der Waals surface area contributed by atoms with Crippen molar-refractivity contribution in [2.75, 3.05) is 24.7 Å². The number of amides is 2. The highest BCUT2D eigenvalue weighted by atomic mass is 32.1. The molecular formula is C17H18N6O3S. The summed E-state index contributed by atoms with van der Waals surface area (Å²) in [5, 5.41) is 8.04. The van der Waals surface area contributed by atoms with E-state index in [0.29, 0.717) is 45.4 Å². The standard InChI is InChI=1S/C17H18N6O3S/c1-26-11-5-9-8(4-10(11)14(18)25)13-16(27-17(19)22-13)23-15(9)20-6-7-2-3-12(24)21-7/h4-5,7H,2-3,6H2,1H3,(H2,18,25)(H2,19,22)(H,20,23)(H,21,24). The second-order valence-electron chi connectivity index (χ2n) is 6.31. The first kappa shape index (κ1) is 17.3. The summed E-state index contributed by atoms with van der Waals surface area (Å²) < 4.78 is 5.32. The first-order chi connectivity index (χ1) is 13.0. The molecule has 140 valence electrons. The van der Waals surface area contributed by atoms with E-state index in [4.69, 9.17) is 16.2 Å². The van der Waals surface area contributed by atoms with Gasteiger partial charge in [0.2, 0.25) is 5.91 Å². The van der Waals surface area contributed by atoms with Crippen LogP contribution in [0.5, 0.6) is 5.75 Å². The maximum absolute atomic E-state index is 11.8. The number of anilines is 2. The van der Waals surface area contributed by atoms with Crippen LogP contribution in [0.25, 0.3) is 21.1 Å². The molecule has 27 heavy (non-hydrogen) atoms. The summed E-state index contributed by atoms with van der Waals surface area (Å²) in [6.45, 7) is 0.535. The molecule has 1 aliphatic rings. The Hall–Kier alpha value is -3.14. The van der Waals surface area contributed by atoms with Crippen molar-refractivity contribution in [3.63, 3.8) is 0 Å². The number of carbonyl (C=O) groups is 2. The van der Waals surface area contributed by atoms with E-state index in [9.17, 15) is 9.59 Å². The minimum absolute atomic E-state index is 0.0448. The lowest BCUT2D eigenvalue weighted by atomic mass is 10.1. The van der Waals surface area contributed by atoms with Gasteiger partial charge in [-0.1, -0.05) is 11.3 Å². The Labute approximate surface area is 158 Å². The molecular weight excluding hydrogens is 368 g/mol. The summed E-state index contributed by atoms with van der Waals surface area (Å²) in [5.41, 5.74) is 12.2. The molecule has 4 rings (SSSR count). The number of rotatable bonds is 5. The lowest BCUT2D eigenvalue weighted by Gasteiger charge is -2.15. The van der Waals surface area contributed by atoms with Crippen LogP contribution >= 0.6 is 11.3 Å². The van der Waals surface area contributed by atoms with Gasteiger partial charge >= 0.3 is 0 Å². The SMILES string of the molecule is COc1cc2c(NCC3CCC(=O)N3)nc3sc(N)nc3c2cc1C(N)=O. The first-order valence-corrected chi connectivity index (χ1v) is 9.18. The molecule has 1 unspecified atom stereocenters. The number of nitrogen functional groups attached to an aromatic ring is 1. The van der Waals surface area contributed by atoms with Crippen molar-refractivity contribution in [2.24, 2.45) is 5.73 Å². The number of aromatic nitrogens is 2. The van der Waals surface area contributed by atoms with E-state index in [1.165, 1.54) is 18.4 Å². The maximum Gasteiger partial charge on any atom is 0.252 e. The molecule has 2 amide bonds. The molecule has 1 aliphatic heterocycles. The van der Waals surface area contributed by atoms with Crippen LogP contribution in [0, 0.1) is 0 Å². The van der Waals surface area contributed by atoms with E-state index in [1.807, 2.05) is 0 Å². The summed E-state index contributed by atoms with van der Waals surface area (Å²) in [4.78, 5) is 32.8. The third kappa shape index (κ3) is 3.08. The van der Waals surface area contributed by atoms with Gasteiger partial charge in [-0.15, -0.1) is 0 Å². The van der Waals surface area contributed by atoms with E-state index in [2.05, 4.69) is 20.6 Å². The number of primary amides is 1. The van der Waals surface area contributed by atoms with Gasteiger partial charge in [-0.2, -0.15) is 0 Å². The van der Waals surface area contributed by atoms with Crippen molar-refractivity contribution in [3.05, 3.63) is 17.7 Å². The molecule has 9 nitrogen and oxygen atoms in total. The van der Waals surface area contributed by atoms with Gasteiger partial charge in [-0.05, 0) is 18.6 Å². The van der Waals surface area contributed by atoms with E-state index < -0.39 is 5.91 Å². The monoisotopic (exact) mass is 386 g/mol. The second-order valence-corrected chi connectivity index (χ2v) is 7.32. The smallest absolute Gasteiger partial charge is 0.252 e. The summed E-state index contributed by atoms with van der Waals surface area (Å²) in [7, 11) is 1.47. The Morgan fingerprint density at radius 2 is 2.22 bits per heavy atom. The average Bonchev–Trinajstić information content (AvgIpc) is 3.22. The van der Waals surface area contributed by atoms with E-state index in [-0.39, 0.29) is 17.5 Å². The van der Waals surface area contributed by atoms with E-state index in [0.717, 1.165) is 11.8 Å². The number of nitrogens with one attached hydrogen (secondary N) is 2. The van der Waals surface area contributed by atoms with E-state index in [1.54, 1.807) is 12.1 Å². The molecule has 0 spiro atoms. The van der Waals surface area contributed by atoms with Gasteiger partial charge < -0.3 is 26.8 Å². The summed E-state index contributed by atoms with van der Waals surface area (Å²) in [5.74, 6) is 0.427. The van der Waals surface area contributed by atoms with Crippen LogP contribution in [0.1, 0.15) is 23.2 Å². The molecule has 1 saturated heterocycles. The lowest BCUT2D eigenvalue weighted by molar-refractivity contribution is -0.119. The van der Waals surface area contributed by atoms with Crippen LogP contribution in [0.2, 0.25) is 0 Å². The molecule has 2 aromatic heterocycles. The van der Waals surface area contributed by atoms with Gasteiger partial charge in [0.15, 0.2) is 5.13 Å². The molecule has 3 heterocycles. The molecule has 1 atom stereocenters. The molecule has 6 N–H and O–H groups in total. The van der Waals surface area contributed by atoms with Crippen LogP contribution in [0.3, 0.4) is 0 Å². The van der Waals surface area contributed by atoms with Crippen molar-refractivity contribution in [1.82, 2.24) is 15.3 Å². The van der Waals surface area contributed by atoms with Gasteiger partial charge in [-0.3, -0.25) is 9.59 Å². The molecule has 0 aliphatic carbocycles. The molecule has 0 radical (unpaired) electrons. The van der Waals surface area contributed by atoms with Gasteiger partial charge in [-0.25, -0.2) is 9.97 Å². The molecule has 0 saturated carbocycles. The van der Waals surface area contributed by atoms with Gasteiger partial charge in [0.25, 0.3) is 5.91 Å². The number of pyridine rings is 1. The van der Waals surface area contributed by atoms with Gasteiger partial charge in [0.1, 0.15) is 21.9 Å². The van der Waals surface area contributed by atoms with Crippen molar-refractivity contribution in [2.45, 2.75) is 18.9 Å². The highest BCUT2D eigenvalue weighted by Gasteiger charge is 2.22. The van der Waals surface area contributed by atoms with Crippen molar-refractivity contribution in [1.29, 1.82) is 0 Å². The fourth-order valence-electron chi connectivity index (χ4n) is 3.26. The highest BCUT2D eigenvalue weighted by Crippen LogP contribution is 2.36. The topological polar surface area (TPSA) is 145 Å². The Balaban J connectivity index is 1.85. The zero-order valence-electron chi connectivity index (χ0n) is 14.5. The highest BCUT2D eigenvalue weighted by molar-refractivity contribution is 7.21. The minimum Gasteiger partial charge on any atom is -0.496 e. The average molecular weight is 386 g/mol.